The van der Waals surface area contributed by atoms with Crippen LogP contribution in [0, 0.1) is 29.6 Å². The molecule has 0 N–H and O–H groups in total. The lowest BCUT2D eigenvalue weighted by atomic mass is 9.98. The van der Waals surface area contributed by atoms with Gasteiger partial charge in [-0.2, -0.15) is 0 Å². The van der Waals surface area contributed by atoms with Gasteiger partial charge in [0.15, 0.2) is 5.88 Å². The topological polar surface area (TPSA) is 172 Å². The Morgan fingerprint density at radius 3 is 1.36 bits per heavy atom. The normalized spacial score (nSPS) is 24.1. The Kier molecular flexibility index (Phi) is 47.4. The summed E-state index contributed by atoms with van der Waals surface area (Å²) in [4.78, 5) is 47.1. The molecule has 10 rings (SSSR count). The Hall–Kier alpha value is -4.25. The molecule has 546 valence electrons. The van der Waals surface area contributed by atoms with E-state index in [1.807, 2.05) is 50.8 Å². The number of para-hydroxylation sites is 1. The molecular formula is C74H136N6O14. The van der Waals surface area contributed by atoms with Crippen molar-refractivity contribution in [2.24, 2.45) is 29.6 Å². The van der Waals surface area contributed by atoms with Crippen LogP contribution in [-0.2, 0) is 52.2 Å². The van der Waals surface area contributed by atoms with E-state index in [0.29, 0.717) is 54.3 Å². The van der Waals surface area contributed by atoms with E-state index >= 15 is 0 Å². The quantitative estimate of drug-likeness (QED) is 0.236. The van der Waals surface area contributed by atoms with E-state index in [1.165, 1.54) is 38.5 Å². The Bertz CT molecular complexity index is 2000. The van der Waals surface area contributed by atoms with E-state index in [0.717, 1.165) is 206 Å². The third-order valence-corrected chi connectivity index (χ3v) is 17.0. The number of ether oxygens (including phenoxy) is 11. The van der Waals surface area contributed by atoms with Crippen molar-refractivity contribution in [1.82, 2.24) is 29.4 Å². The molecule has 20 nitrogen and oxygen atoms in total. The van der Waals surface area contributed by atoms with Crippen LogP contribution in [0.2, 0.25) is 0 Å². The van der Waals surface area contributed by atoms with Crippen molar-refractivity contribution < 1.29 is 66.5 Å². The van der Waals surface area contributed by atoms with E-state index < -0.39 is 0 Å². The molecule has 9 aliphatic rings. The summed E-state index contributed by atoms with van der Waals surface area (Å²) in [5, 5.41) is 0. The van der Waals surface area contributed by atoms with Gasteiger partial charge in [-0.1, -0.05) is 79.2 Å². The molecule has 20 heteroatoms. The first-order chi connectivity index (χ1) is 44.8. The van der Waals surface area contributed by atoms with Gasteiger partial charge < -0.3 is 81.5 Å². The fraction of sp³-hybridized carbons (Fsp3) is 0.824. The molecule has 94 heavy (non-hydrogen) atoms. The summed E-state index contributed by atoms with van der Waals surface area (Å²) in [5.41, 5.74) is 1.15. The minimum atomic E-state index is -0.224. The Morgan fingerprint density at radius 1 is 0.479 bits per heavy atom. The molecule has 0 aromatic heterocycles. The number of hydrogen-bond acceptors (Lipinski definition) is 17. The highest BCUT2D eigenvalue weighted by atomic mass is 16.6. The largest absolute Gasteiger partial charge is 0.483 e. The molecule has 0 saturated carbocycles. The minimum Gasteiger partial charge on any atom is -0.483 e. The number of allylic oxidation sites excluding steroid dienone is 1. The summed E-state index contributed by atoms with van der Waals surface area (Å²) in [5.74, 6) is 5.06. The molecule has 9 fully saturated rings. The van der Waals surface area contributed by atoms with Crippen molar-refractivity contribution in [2.45, 2.75) is 204 Å². The third kappa shape index (κ3) is 43.1. The van der Waals surface area contributed by atoms with Crippen LogP contribution in [0.25, 0.3) is 0 Å². The number of amides is 3. The van der Waals surface area contributed by atoms with Crippen molar-refractivity contribution in [3.05, 3.63) is 55.1 Å². The SMILES string of the molecule is C=C(C)N1CCO[C@@H](C)C1.C=C(OC)N1CCO[C@@H](C)C1.CC(C)CC(=O)N1CCC(C)CC1.CC1CCN(C(=O)OC(C)C)CC1.CC1CCN(C(=O)Oc2ccccc2)CC1.CC1COCCOC1.C[C@H]1CCCCCO1.C[C@H]1CN(C)CCO1.C[C@H]1COCCO1. The number of piperidine rings is 3. The van der Waals surface area contributed by atoms with Crippen LogP contribution in [0.3, 0.4) is 0 Å². The van der Waals surface area contributed by atoms with Gasteiger partial charge in [0.2, 0.25) is 5.91 Å². The third-order valence-electron chi connectivity index (χ3n) is 17.0. The summed E-state index contributed by atoms with van der Waals surface area (Å²) in [6, 6.07) is 9.22. The fourth-order valence-electron chi connectivity index (χ4n) is 10.8. The first-order valence-corrected chi connectivity index (χ1v) is 36.0. The summed E-state index contributed by atoms with van der Waals surface area (Å²) >= 11 is 0. The molecular weight excluding hydrogens is 1200 g/mol. The number of benzene rings is 1. The smallest absolute Gasteiger partial charge is 0.415 e. The van der Waals surface area contributed by atoms with Crippen molar-refractivity contribution >= 4 is 18.1 Å². The van der Waals surface area contributed by atoms with Crippen LogP contribution in [0.1, 0.15) is 168 Å². The molecule has 0 spiro atoms. The summed E-state index contributed by atoms with van der Waals surface area (Å²) < 4.78 is 57.4. The van der Waals surface area contributed by atoms with E-state index in [9.17, 15) is 14.4 Å². The number of nitrogens with zero attached hydrogens (tertiary/aromatic N) is 6. The molecule has 0 aliphatic carbocycles. The number of likely N-dealkylation sites (N-methyl/N-ethyl adjacent to an activating group) is 1. The van der Waals surface area contributed by atoms with Gasteiger partial charge in [-0.3, -0.25) is 4.79 Å². The zero-order valence-corrected chi connectivity index (χ0v) is 62.1. The molecule has 9 heterocycles. The van der Waals surface area contributed by atoms with Gasteiger partial charge in [-0.05, 0) is 156 Å². The first-order valence-electron chi connectivity index (χ1n) is 36.0. The fourth-order valence-corrected chi connectivity index (χ4v) is 10.8. The van der Waals surface area contributed by atoms with E-state index in [-0.39, 0.29) is 24.4 Å². The zero-order valence-electron chi connectivity index (χ0n) is 62.1. The second kappa shape index (κ2) is 51.9. The van der Waals surface area contributed by atoms with Crippen molar-refractivity contribution in [3.8, 4) is 5.75 Å². The number of carbonyl (C=O) groups is 3. The average molecular weight is 1330 g/mol. The number of morpholine rings is 3. The standard InChI is InChI=1S/C13H17NO2.C11H21NO.C10H19NO2.C8H15NO2.C8H15NO.C7H14O.C6H13NO.C6H12O2.C5H10O2/c1-11-7-9-14(10-8-11)13(15)16-12-5-3-2-4-6-12;1-9(2)8-11(13)12-6-4-10(3)5-7-12;1-8(2)13-10(12)11-6-4-9(3)5-7-11;1-7-6-9(4-5-11-7)8(2)10-3;1-7(2)9-4-5-10-8(3)6-9;1-7-5-3-2-4-6-8-7;1-6-5-7(2)3-4-8-6;1-6-4-7-2-3-8-5-6;1-5-4-6-2-3-7-5/h2-6,11H,7-10H2,1H3;9-10H,4-8H2,1-3H3;8-9H,4-7H2,1-3H3;7H,2,4-6H2,1,3H3;8H,1,4-6H2,2-3H3;7H,2-6H2,1H3;6H,3-5H2,1-2H3;6H,2-5H2,1H3;5H,2-4H2,1H3/t;;;7-;8-;7-;6-;;5-/m...0000.0/s1. The van der Waals surface area contributed by atoms with E-state index in [4.69, 9.17) is 52.1 Å². The number of likely N-dealkylation sites (tertiary alicyclic amines) is 3. The van der Waals surface area contributed by atoms with Gasteiger partial charge in [0.05, 0.1) is 110 Å². The molecule has 0 bridgehead atoms. The van der Waals surface area contributed by atoms with Crippen LogP contribution in [-0.4, -0.2) is 249 Å². The van der Waals surface area contributed by atoms with E-state index in [1.54, 1.807) is 29.0 Å². The second-order valence-electron chi connectivity index (χ2n) is 27.7. The molecule has 9 saturated heterocycles. The van der Waals surface area contributed by atoms with Crippen LogP contribution in [0.15, 0.2) is 55.1 Å². The van der Waals surface area contributed by atoms with Crippen LogP contribution < -0.4 is 4.74 Å². The van der Waals surface area contributed by atoms with E-state index in [2.05, 4.69) is 104 Å². The molecule has 1 aromatic carbocycles. The number of rotatable bonds is 7. The molecule has 3 amide bonds. The maximum Gasteiger partial charge on any atom is 0.415 e. The van der Waals surface area contributed by atoms with Crippen molar-refractivity contribution in [1.29, 1.82) is 0 Å². The minimum absolute atomic E-state index is 0.00755. The lowest BCUT2D eigenvalue weighted by Gasteiger charge is -2.32. The first kappa shape index (κ1) is 85.8. The zero-order chi connectivity index (χ0) is 69.6. The van der Waals surface area contributed by atoms with Crippen molar-refractivity contribution in [3.63, 3.8) is 0 Å². The van der Waals surface area contributed by atoms with Crippen LogP contribution in [0.4, 0.5) is 9.59 Å². The number of methoxy groups -OCH3 is 1. The summed E-state index contributed by atoms with van der Waals surface area (Å²) in [6.07, 6.45) is 14.2. The monoisotopic (exact) mass is 1330 g/mol. The van der Waals surface area contributed by atoms with Gasteiger partial charge in [-0.15, -0.1) is 0 Å². The lowest BCUT2D eigenvalue weighted by molar-refractivity contribution is -0.133. The average Bonchev–Trinajstić information content (AvgIpc) is 2.18. The van der Waals surface area contributed by atoms with Crippen molar-refractivity contribution in [2.75, 3.05) is 165 Å². The predicted octanol–water partition coefficient (Wildman–Crippen LogP) is 12.9. The highest BCUT2D eigenvalue weighted by Crippen LogP contribution is 2.21. The summed E-state index contributed by atoms with van der Waals surface area (Å²) in [7, 11) is 3.77. The highest BCUT2D eigenvalue weighted by molar-refractivity contribution is 5.76. The Labute approximate surface area is 571 Å². The number of hydrogen-bond donors (Lipinski definition) is 0. The van der Waals surface area contributed by atoms with Gasteiger partial charge in [0.25, 0.3) is 0 Å². The van der Waals surface area contributed by atoms with Gasteiger partial charge in [-0.25, -0.2) is 9.59 Å². The molecule has 9 aliphatic heterocycles. The lowest BCUT2D eigenvalue weighted by Crippen LogP contribution is -2.40. The predicted molar refractivity (Wildman–Crippen MR) is 377 cm³/mol. The van der Waals surface area contributed by atoms with Gasteiger partial charge >= 0.3 is 12.2 Å². The van der Waals surface area contributed by atoms with Gasteiger partial charge in [0, 0.05) is 103 Å². The van der Waals surface area contributed by atoms with Crippen LogP contribution in [0.5, 0.6) is 5.75 Å². The molecule has 0 radical (unpaired) electrons. The number of carbonyl (C=O) groups excluding carboxylic acids is 3. The summed E-state index contributed by atoms with van der Waals surface area (Å²) in [6.45, 7) is 57.2. The molecule has 1 aromatic rings. The Balaban J connectivity index is 0.000000364. The maximum atomic E-state index is 11.8. The van der Waals surface area contributed by atoms with Gasteiger partial charge in [0.1, 0.15) is 5.75 Å². The van der Waals surface area contributed by atoms with Crippen LogP contribution >= 0.6 is 0 Å². The second-order valence-corrected chi connectivity index (χ2v) is 27.7. The molecule has 5 atom stereocenters. The maximum absolute atomic E-state index is 11.8. The highest BCUT2D eigenvalue weighted by Gasteiger charge is 2.25. The Morgan fingerprint density at radius 2 is 0.936 bits per heavy atom. The molecule has 0 unspecified atom stereocenters.